The summed E-state index contributed by atoms with van der Waals surface area (Å²) in [4.78, 5) is 19.5. The monoisotopic (exact) mass is 329 g/mol. The number of H-pyrrole nitrogens is 1. The maximum absolute atomic E-state index is 4.70. The van der Waals surface area contributed by atoms with Gasteiger partial charge in [0.15, 0.2) is 5.82 Å². The number of aryl methyl sites for hydroxylation is 1. The molecule has 1 fully saturated rings. The number of hydrogen-bond acceptors (Lipinski definition) is 4. The topological polar surface area (TPSA) is 57.7 Å². The van der Waals surface area contributed by atoms with Crippen LogP contribution in [0.4, 0.5) is 5.82 Å². The van der Waals surface area contributed by atoms with Gasteiger partial charge in [-0.15, -0.1) is 12.4 Å². The standard InChI is InChI=1S/C17H19N5.ClH/c1-12-19-15-11-14(13-7-3-4-8-18-13)21-16(15)17(20-12)22-9-5-2-6-10-22;/h3-4,7-8,11,21H,2,5-6,9-10H2,1H3;1H. The van der Waals surface area contributed by atoms with Gasteiger partial charge in [-0.2, -0.15) is 0 Å². The van der Waals surface area contributed by atoms with Crippen LogP contribution in [0.5, 0.6) is 0 Å². The molecule has 0 spiro atoms. The van der Waals surface area contributed by atoms with Gasteiger partial charge in [-0.1, -0.05) is 6.07 Å². The van der Waals surface area contributed by atoms with Gasteiger partial charge in [0.2, 0.25) is 0 Å². The zero-order valence-corrected chi connectivity index (χ0v) is 13.9. The summed E-state index contributed by atoms with van der Waals surface area (Å²) in [7, 11) is 0. The number of nitrogens with one attached hydrogen (secondary N) is 1. The van der Waals surface area contributed by atoms with Gasteiger partial charge in [0.1, 0.15) is 11.3 Å². The fourth-order valence-corrected chi connectivity index (χ4v) is 3.11. The molecule has 3 aromatic rings. The van der Waals surface area contributed by atoms with Crippen LogP contribution in [0.3, 0.4) is 0 Å². The van der Waals surface area contributed by atoms with E-state index in [1.165, 1.54) is 19.3 Å². The fourth-order valence-electron chi connectivity index (χ4n) is 3.11. The molecular formula is C17H20ClN5. The maximum atomic E-state index is 4.70. The molecule has 0 bridgehead atoms. The van der Waals surface area contributed by atoms with Gasteiger partial charge in [-0.3, -0.25) is 4.98 Å². The van der Waals surface area contributed by atoms with Crippen LogP contribution in [0.1, 0.15) is 25.1 Å². The molecule has 1 N–H and O–H groups in total. The van der Waals surface area contributed by atoms with Crippen molar-refractivity contribution in [1.82, 2.24) is 19.9 Å². The van der Waals surface area contributed by atoms with Crippen LogP contribution in [-0.4, -0.2) is 33.0 Å². The molecule has 0 aromatic carbocycles. The number of hydrogen-bond donors (Lipinski definition) is 1. The summed E-state index contributed by atoms with van der Waals surface area (Å²) in [5.74, 6) is 1.85. The third-order valence-electron chi connectivity index (χ3n) is 4.17. The zero-order chi connectivity index (χ0) is 14.9. The average Bonchev–Trinajstić information content (AvgIpc) is 2.99. The predicted molar refractivity (Wildman–Crippen MR) is 95.2 cm³/mol. The van der Waals surface area contributed by atoms with Crippen molar-refractivity contribution in [2.45, 2.75) is 26.2 Å². The van der Waals surface area contributed by atoms with Crippen LogP contribution in [0, 0.1) is 6.92 Å². The van der Waals surface area contributed by atoms with Crippen LogP contribution in [0.25, 0.3) is 22.4 Å². The molecule has 120 valence electrons. The Morgan fingerprint density at radius 3 is 2.65 bits per heavy atom. The highest BCUT2D eigenvalue weighted by Crippen LogP contribution is 2.29. The van der Waals surface area contributed by atoms with Gasteiger partial charge < -0.3 is 9.88 Å². The Morgan fingerprint density at radius 1 is 1.09 bits per heavy atom. The van der Waals surface area contributed by atoms with Crippen molar-refractivity contribution in [3.8, 4) is 11.4 Å². The fraction of sp³-hybridized carbons (Fsp3) is 0.353. The van der Waals surface area contributed by atoms with Crippen molar-refractivity contribution in [1.29, 1.82) is 0 Å². The minimum absolute atomic E-state index is 0. The van der Waals surface area contributed by atoms with Crippen LogP contribution in [0.2, 0.25) is 0 Å². The second-order valence-electron chi connectivity index (χ2n) is 5.80. The Morgan fingerprint density at radius 2 is 1.91 bits per heavy atom. The molecule has 0 radical (unpaired) electrons. The summed E-state index contributed by atoms with van der Waals surface area (Å²) < 4.78 is 0. The first-order valence-corrected chi connectivity index (χ1v) is 7.85. The summed E-state index contributed by atoms with van der Waals surface area (Å²) in [5.41, 5.74) is 3.92. The Hall–Kier alpha value is -2.14. The zero-order valence-electron chi connectivity index (χ0n) is 13.1. The molecule has 6 heteroatoms. The summed E-state index contributed by atoms with van der Waals surface area (Å²) >= 11 is 0. The minimum Gasteiger partial charge on any atom is -0.355 e. The summed E-state index contributed by atoms with van der Waals surface area (Å²) in [6, 6.07) is 8.00. The number of aromatic amines is 1. The molecule has 0 unspecified atom stereocenters. The number of rotatable bonds is 2. The van der Waals surface area contributed by atoms with E-state index in [9.17, 15) is 0 Å². The van der Waals surface area contributed by atoms with Crippen molar-refractivity contribution in [2.24, 2.45) is 0 Å². The molecule has 1 aliphatic rings. The highest BCUT2D eigenvalue weighted by molar-refractivity contribution is 5.90. The summed E-state index contributed by atoms with van der Waals surface area (Å²) in [5, 5.41) is 0. The van der Waals surface area contributed by atoms with Crippen molar-refractivity contribution >= 4 is 29.3 Å². The Kier molecular flexibility index (Phi) is 4.48. The summed E-state index contributed by atoms with van der Waals surface area (Å²) in [6.45, 7) is 4.10. The maximum Gasteiger partial charge on any atom is 0.156 e. The van der Waals surface area contributed by atoms with E-state index in [-0.39, 0.29) is 12.4 Å². The molecule has 5 nitrogen and oxygen atoms in total. The third kappa shape index (κ3) is 3.01. The van der Waals surface area contributed by atoms with Crippen LogP contribution >= 0.6 is 12.4 Å². The highest BCUT2D eigenvalue weighted by Gasteiger charge is 2.18. The van der Waals surface area contributed by atoms with Crippen molar-refractivity contribution in [3.05, 3.63) is 36.3 Å². The first-order valence-electron chi connectivity index (χ1n) is 7.85. The number of nitrogens with zero attached hydrogens (tertiary/aromatic N) is 4. The van der Waals surface area contributed by atoms with Gasteiger partial charge in [0.05, 0.1) is 16.9 Å². The van der Waals surface area contributed by atoms with Crippen molar-refractivity contribution < 1.29 is 0 Å². The molecule has 4 rings (SSSR count). The SMILES string of the molecule is Cc1nc(N2CCCCC2)c2[nH]c(-c3ccccn3)cc2n1.Cl. The molecule has 0 amide bonds. The molecule has 0 saturated carbocycles. The number of piperidine rings is 1. The van der Waals surface area contributed by atoms with Crippen LogP contribution in [-0.2, 0) is 0 Å². The minimum atomic E-state index is 0. The van der Waals surface area contributed by atoms with Crippen LogP contribution in [0.15, 0.2) is 30.5 Å². The number of aromatic nitrogens is 4. The Balaban J connectivity index is 0.00000156. The molecule has 0 atom stereocenters. The van der Waals surface area contributed by atoms with Gasteiger partial charge in [0, 0.05) is 19.3 Å². The quantitative estimate of drug-likeness (QED) is 0.778. The number of halogens is 1. The lowest BCUT2D eigenvalue weighted by atomic mass is 10.1. The smallest absolute Gasteiger partial charge is 0.156 e. The molecule has 23 heavy (non-hydrogen) atoms. The van der Waals surface area contributed by atoms with E-state index in [0.29, 0.717) is 0 Å². The van der Waals surface area contributed by atoms with E-state index in [1.54, 1.807) is 0 Å². The van der Waals surface area contributed by atoms with Crippen molar-refractivity contribution in [2.75, 3.05) is 18.0 Å². The van der Waals surface area contributed by atoms with E-state index in [2.05, 4.69) is 25.9 Å². The van der Waals surface area contributed by atoms with Gasteiger partial charge >= 0.3 is 0 Å². The third-order valence-corrected chi connectivity index (χ3v) is 4.17. The first kappa shape index (κ1) is 15.7. The van der Waals surface area contributed by atoms with Crippen LogP contribution < -0.4 is 4.90 Å². The molecule has 0 aliphatic carbocycles. The lowest BCUT2D eigenvalue weighted by Gasteiger charge is -2.28. The van der Waals surface area contributed by atoms with Crippen molar-refractivity contribution in [3.63, 3.8) is 0 Å². The largest absolute Gasteiger partial charge is 0.355 e. The normalized spacial score (nSPS) is 14.7. The Bertz CT molecular complexity index is 793. The molecule has 4 heterocycles. The molecule has 1 saturated heterocycles. The molecule has 1 aliphatic heterocycles. The van der Waals surface area contributed by atoms with Gasteiger partial charge in [0.25, 0.3) is 0 Å². The number of pyridine rings is 1. The lowest BCUT2D eigenvalue weighted by molar-refractivity contribution is 0.574. The number of anilines is 1. The predicted octanol–water partition coefficient (Wildman–Crippen LogP) is 3.74. The Labute approximate surface area is 141 Å². The van der Waals surface area contributed by atoms with E-state index >= 15 is 0 Å². The van der Waals surface area contributed by atoms with Gasteiger partial charge in [-0.05, 0) is 44.4 Å². The summed E-state index contributed by atoms with van der Waals surface area (Å²) in [6.07, 6.45) is 5.59. The second kappa shape index (κ2) is 6.54. The number of fused-ring (bicyclic) bond motifs is 1. The molecule has 3 aromatic heterocycles. The lowest BCUT2D eigenvalue weighted by Crippen LogP contribution is -2.30. The van der Waals surface area contributed by atoms with E-state index < -0.39 is 0 Å². The van der Waals surface area contributed by atoms with E-state index in [0.717, 1.165) is 47.2 Å². The second-order valence-corrected chi connectivity index (χ2v) is 5.80. The van der Waals surface area contributed by atoms with E-state index in [4.69, 9.17) is 4.98 Å². The average molecular weight is 330 g/mol. The van der Waals surface area contributed by atoms with Gasteiger partial charge in [-0.25, -0.2) is 9.97 Å². The first-order chi connectivity index (χ1) is 10.8. The highest BCUT2D eigenvalue weighted by atomic mass is 35.5. The van der Waals surface area contributed by atoms with E-state index in [1.807, 2.05) is 31.3 Å². The molecular weight excluding hydrogens is 310 g/mol.